The predicted octanol–water partition coefficient (Wildman–Crippen LogP) is 1.38. The number of fused-ring (bicyclic) bond motifs is 1. The second-order valence-electron chi connectivity index (χ2n) is 8.77. The summed E-state index contributed by atoms with van der Waals surface area (Å²) in [7, 11) is 2.21. The molecule has 1 saturated carbocycles. The summed E-state index contributed by atoms with van der Waals surface area (Å²) < 4.78 is 1.95. The first-order chi connectivity index (χ1) is 13.6. The fourth-order valence-corrected chi connectivity index (χ4v) is 4.63. The van der Waals surface area contributed by atoms with Crippen molar-refractivity contribution in [3.63, 3.8) is 0 Å². The molecule has 1 atom stereocenters. The smallest absolute Gasteiger partial charge is 0.219 e. The van der Waals surface area contributed by atoms with Crippen LogP contribution in [0.15, 0.2) is 12.1 Å². The molecular weight excluding hydrogens is 354 g/mol. The number of carbonyl (C=O) groups is 1. The fourth-order valence-electron chi connectivity index (χ4n) is 4.63. The van der Waals surface area contributed by atoms with Gasteiger partial charge in [0.2, 0.25) is 5.91 Å². The zero-order chi connectivity index (χ0) is 19.3. The van der Waals surface area contributed by atoms with Crippen molar-refractivity contribution in [1.82, 2.24) is 29.6 Å². The SMILES string of the molecule is CC(=O)N1CCC(CN(C)C2CN(c3ccc4nnc(C5CCC5)n4n3)C2)C1. The van der Waals surface area contributed by atoms with Gasteiger partial charge in [-0.15, -0.1) is 15.3 Å². The monoisotopic (exact) mass is 383 g/mol. The summed E-state index contributed by atoms with van der Waals surface area (Å²) in [5, 5.41) is 13.5. The van der Waals surface area contributed by atoms with Crippen LogP contribution in [-0.4, -0.2) is 81.3 Å². The number of carbonyl (C=O) groups excluding carboxylic acids is 1. The number of nitrogens with zero attached hydrogens (tertiary/aromatic N) is 7. The van der Waals surface area contributed by atoms with E-state index < -0.39 is 0 Å². The molecule has 3 fully saturated rings. The summed E-state index contributed by atoms with van der Waals surface area (Å²) in [6.07, 6.45) is 4.80. The van der Waals surface area contributed by atoms with E-state index in [0.29, 0.717) is 17.9 Å². The number of anilines is 1. The quantitative estimate of drug-likeness (QED) is 0.777. The highest BCUT2D eigenvalue weighted by Crippen LogP contribution is 2.35. The Morgan fingerprint density at radius 2 is 2.00 bits per heavy atom. The molecule has 8 nitrogen and oxygen atoms in total. The van der Waals surface area contributed by atoms with Gasteiger partial charge < -0.3 is 9.80 Å². The van der Waals surface area contributed by atoms with Crippen LogP contribution in [0.5, 0.6) is 0 Å². The van der Waals surface area contributed by atoms with E-state index >= 15 is 0 Å². The average Bonchev–Trinajstić information content (AvgIpc) is 3.20. The molecule has 0 bridgehead atoms. The Kier molecular flexibility index (Phi) is 4.45. The van der Waals surface area contributed by atoms with Crippen LogP contribution in [0.3, 0.4) is 0 Å². The Morgan fingerprint density at radius 1 is 1.18 bits per heavy atom. The van der Waals surface area contributed by atoms with Gasteiger partial charge in [0.05, 0.1) is 0 Å². The predicted molar refractivity (Wildman–Crippen MR) is 106 cm³/mol. The van der Waals surface area contributed by atoms with Crippen molar-refractivity contribution in [2.24, 2.45) is 5.92 Å². The van der Waals surface area contributed by atoms with Crippen molar-refractivity contribution in [2.45, 2.75) is 44.6 Å². The normalized spacial score (nSPS) is 23.5. The maximum Gasteiger partial charge on any atom is 0.219 e. The number of amides is 1. The van der Waals surface area contributed by atoms with Gasteiger partial charge in [0.25, 0.3) is 0 Å². The lowest BCUT2D eigenvalue weighted by Gasteiger charge is -2.45. The van der Waals surface area contributed by atoms with Gasteiger partial charge in [0.15, 0.2) is 11.5 Å². The lowest BCUT2D eigenvalue weighted by Crippen LogP contribution is -2.59. The maximum atomic E-state index is 11.5. The molecule has 2 aromatic rings. The van der Waals surface area contributed by atoms with Crippen molar-refractivity contribution in [3.05, 3.63) is 18.0 Å². The van der Waals surface area contributed by atoms with Gasteiger partial charge in [-0.1, -0.05) is 6.42 Å². The molecule has 4 heterocycles. The Hall–Kier alpha value is -2.22. The van der Waals surface area contributed by atoms with Gasteiger partial charge in [-0.2, -0.15) is 4.52 Å². The number of aromatic nitrogens is 4. The first-order valence-corrected chi connectivity index (χ1v) is 10.5. The number of hydrogen-bond donors (Lipinski definition) is 0. The molecule has 0 N–H and O–H groups in total. The first kappa shape index (κ1) is 17.8. The van der Waals surface area contributed by atoms with E-state index in [2.05, 4.69) is 33.1 Å². The van der Waals surface area contributed by atoms with E-state index in [9.17, 15) is 4.79 Å². The maximum absolute atomic E-state index is 11.5. The molecule has 28 heavy (non-hydrogen) atoms. The van der Waals surface area contributed by atoms with Crippen molar-refractivity contribution in [2.75, 3.05) is 44.7 Å². The van der Waals surface area contributed by atoms with Crippen LogP contribution in [0.4, 0.5) is 5.82 Å². The van der Waals surface area contributed by atoms with Gasteiger partial charge in [-0.25, -0.2) is 0 Å². The van der Waals surface area contributed by atoms with Crippen LogP contribution in [0.25, 0.3) is 5.65 Å². The Bertz CT molecular complexity index is 871. The lowest BCUT2D eigenvalue weighted by molar-refractivity contribution is -0.127. The van der Waals surface area contributed by atoms with E-state index in [-0.39, 0.29) is 5.91 Å². The number of hydrogen-bond acceptors (Lipinski definition) is 6. The molecule has 150 valence electrons. The van der Waals surface area contributed by atoms with Crippen LogP contribution < -0.4 is 4.90 Å². The molecule has 0 radical (unpaired) electrons. The number of likely N-dealkylation sites (N-methyl/N-ethyl adjacent to an activating group) is 1. The van der Waals surface area contributed by atoms with E-state index in [1.807, 2.05) is 15.5 Å². The molecule has 0 aromatic carbocycles. The average molecular weight is 384 g/mol. The first-order valence-electron chi connectivity index (χ1n) is 10.5. The van der Waals surface area contributed by atoms with Crippen LogP contribution in [0.2, 0.25) is 0 Å². The fraction of sp³-hybridized carbons (Fsp3) is 0.700. The summed E-state index contributed by atoms with van der Waals surface area (Å²) in [6.45, 7) is 6.55. The van der Waals surface area contributed by atoms with Crippen molar-refractivity contribution in [1.29, 1.82) is 0 Å². The molecule has 5 rings (SSSR count). The van der Waals surface area contributed by atoms with Crippen molar-refractivity contribution >= 4 is 17.4 Å². The summed E-state index contributed by atoms with van der Waals surface area (Å²) >= 11 is 0. The van der Waals surface area contributed by atoms with E-state index in [0.717, 1.165) is 56.4 Å². The molecule has 2 saturated heterocycles. The summed E-state index contributed by atoms with van der Waals surface area (Å²) in [5.74, 6) is 3.36. The highest BCUT2D eigenvalue weighted by atomic mass is 16.2. The molecule has 2 aromatic heterocycles. The second-order valence-corrected chi connectivity index (χ2v) is 8.77. The molecular formula is C20H29N7O. The summed E-state index contributed by atoms with van der Waals surface area (Å²) in [6, 6.07) is 4.64. The Labute approximate surface area is 165 Å². The molecule has 2 aliphatic heterocycles. The van der Waals surface area contributed by atoms with Crippen molar-refractivity contribution in [3.8, 4) is 0 Å². The molecule has 1 aliphatic carbocycles. The van der Waals surface area contributed by atoms with Gasteiger partial charge in [-0.3, -0.25) is 9.69 Å². The highest BCUT2D eigenvalue weighted by Gasteiger charge is 2.34. The van der Waals surface area contributed by atoms with Gasteiger partial charge >= 0.3 is 0 Å². The highest BCUT2D eigenvalue weighted by molar-refractivity contribution is 5.73. The minimum atomic E-state index is 0.205. The van der Waals surface area contributed by atoms with Crippen LogP contribution in [-0.2, 0) is 4.79 Å². The Balaban J connectivity index is 1.19. The summed E-state index contributed by atoms with van der Waals surface area (Å²) in [4.78, 5) is 18.3. The van der Waals surface area contributed by atoms with Crippen molar-refractivity contribution < 1.29 is 4.79 Å². The topological polar surface area (TPSA) is 69.9 Å². The van der Waals surface area contributed by atoms with Crippen LogP contribution in [0, 0.1) is 5.92 Å². The van der Waals surface area contributed by atoms with E-state index in [1.165, 1.54) is 19.3 Å². The standard InChI is InChI=1S/C20H29N7O/c1-14(28)25-9-8-15(11-25)10-24(2)17-12-26(13-17)19-7-6-18-21-22-20(27(18)23-19)16-4-3-5-16/h6-7,15-17H,3-5,8-13H2,1-2H3. The van der Waals surface area contributed by atoms with E-state index in [1.54, 1.807) is 6.92 Å². The minimum Gasteiger partial charge on any atom is -0.352 e. The second kappa shape index (κ2) is 6.99. The van der Waals surface area contributed by atoms with Gasteiger partial charge in [0.1, 0.15) is 5.82 Å². The third-order valence-corrected chi connectivity index (χ3v) is 6.83. The lowest BCUT2D eigenvalue weighted by atomic mass is 9.85. The van der Waals surface area contributed by atoms with E-state index in [4.69, 9.17) is 5.10 Å². The number of likely N-dealkylation sites (tertiary alicyclic amines) is 1. The van der Waals surface area contributed by atoms with Gasteiger partial charge in [-0.05, 0) is 44.4 Å². The molecule has 8 heteroatoms. The van der Waals surface area contributed by atoms with Gasteiger partial charge in [0, 0.05) is 51.6 Å². The third kappa shape index (κ3) is 3.13. The van der Waals surface area contributed by atoms with Crippen LogP contribution in [0.1, 0.15) is 44.3 Å². The third-order valence-electron chi connectivity index (χ3n) is 6.83. The zero-order valence-electron chi connectivity index (χ0n) is 16.8. The molecule has 1 unspecified atom stereocenters. The van der Waals surface area contributed by atoms with Crippen LogP contribution >= 0.6 is 0 Å². The molecule has 0 spiro atoms. The largest absolute Gasteiger partial charge is 0.352 e. The summed E-state index contributed by atoms with van der Waals surface area (Å²) in [5.41, 5.74) is 0.844. The Morgan fingerprint density at radius 3 is 2.68 bits per heavy atom. The number of rotatable bonds is 5. The molecule has 1 amide bonds. The minimum absolute atomic E-state index is 0.205. The molecule has 3 aliphatic rings. The zero-order valence-corrected chi connectivity index (χ0v) is 16.8.